The van der Waals surface area contributed by atoms with E-state index in [4.69, 9.17) is 5.11 Å². The predicted molar refractivity (Wildman–Crippen MR) is 82.1 cm³/mol. The van der Waals surface area contributed by atoms with Crippen molar-refractivity contribution < 1.29 is 14.7 Å². The van der Waals surface area contributed by atoms with Gasteiger partial charge < -0.3 is 10.4 Å². The lowest BCUT2D eigenvalue weighted by molar-refractivity contribution is -0.139. The number of nitrogens with one attached hydrogen (secondary N) is 1. The minimum absolute atomic E-state index is 0.0115. The zero-order valence-corrected chi connectivity index (χ0v) is 12.9. The van der Waals surface area contributed by atoms with Crippen LogP contribution in [0.15, 0.2) is 11.5 Å². The number of thiazole rings is 1. The van der Waals surface area contributed by atoms with Crippen LogP contribution in [0.1, 0.15) is 49.2 Å². The van der Waals surface area contributed by atoms with Crippen molar-refractivity contribution in [3.05, 3.63) is 22.2 Å². The van der Waals surface area contributed by atoms with Crippen LogP contribution in [-0.2, 0) is 9.59 Å². The maximum absolute atomic E-state index is 12.1. The van der Waals surface area contributed by atoms with E-state index < -0.39 is 11.5 Å². The molecule has 1 heterocycles. The third-order valence-corrected chi connectivity index (χ3v) is 4.52. The number of amides is 1. The average Bonchev–Trinajstić information content (AvgIpc) is 2.82. The normalized spacial score (nSPS) is 17.8. The first-order valence-electron chi connectivity index (χ1n) is 7.13. The topological polar surface area (TPSA) is 79.3 Å². The van der Waals surface area contributed by atoms with Gasteiger partial charge in [-0.1, -0.05) is 19.3 Å². The number of aryl methyl sites for hydroxylation is 1. The zero-order valence-electron chi connectivity index (χ0n) is 12.1. The monoisotopic (exact) mass is 308 g/mol. The molecule has 1 aromatic heterocycles. The molecule has 0 bridgehead atoms. The number of rotatable bonds is 5. The van der Waals surface area contributed by atoms with E-state index >= 15 is 0 Å². The maximum Gasteiger partial charge on any atom is 0.305 e. The van der Waals surface area contributed by atoms with Crippen molar-refractivity contribution in [2.24, 2.45) is 0 Å². The highest BCUT2D eigenvalue weighted by molar-refractivity contribution is 7.09. The molecule has 1 saturated carbocycles. The Morgan fingerprint density at radius 1 is 1.43 bits per heavy atom. The molecule has 6 heteroatoms. The summed E-state index contributed by atoms with van der Waals surface area (Å²) in [5.41, 5.74) is 0.160. The smallest absolute Gasteiger partial charge is 0.305 e. The highest BCUT2D eigenvalue weighted by Crippen LogP contribution is 2.31. The molecule has 0 saturated heterocycles. The molecule has 0 spiro atoms. The molecular formula is C15H20N2O3S. The van der Waals surface area contributed by atoms with E-state index in [0.717, 1.165) is 42.8 Å². The highest BCUT2D eigenvalue weighted by Gasteiger charge is 2.35. The molecule has 0 radical (unpaired) electrons. The molecule has 0 aliphatic heterocycles. The van der Waals surface area contributed by atoms with Crippen molar-refractivity contribution >= 4 is 29.3 Å². The second kappa shape index (κ2) is 6.85. The lowest BCUT2D eigenvalue weighted by atomic mass is 9.79. The van der Waals surface area contributed by atoms with Crippen molar-refractivity contribution in [1.29, 1.82) is 0 Å². The summed E-state index contributed by atoms with van der Waals surface area (Å²) in [6.45, 7) is 1.91. The molecule has 1 fully saturated rings. The van der Waals surface area contributed by atoms with Crippen molar-refractivity contribution in [2.75, 3.05) is 0 Å². The number of hydrogen-bond acceptors (Lipinski definition) is 4. The summed E-state index contributed by atoms with van der Waals surface area (Å²) in [4.78, 5) is 27.4. The van der Waals surface area contributed by atoms with Gasteiger partial charge >= 0.3 is 5.97 Å². The molecule has 2 N–H and O–H groups in total. The Morgan fingerprint density at radius 3 is 2.71 bits per heavy atom. The largest absolute Gasteiger partial charge is 0.481 e. The van der Waals surface area contributed by atoms with Gasteiger partial charge in [-0.25, -0.2) is 4.98 Å². The van der Waals surface area contributed by atoms with Gasteiger partial charge in [-0.2, -0.15) is 0 Å². The molecule has 2 rings (SSSR count). The van der Waals surface area contributed by atoms with Gasteiger partial charge in [0.15, 0.2) is 0 Å². The molecule has 114 valence electrons. The Hall–Kier alpha value is -1.69. The molecule has 1 aliphatic carbocycles. The molecular weight excluding hydrogens is 288 g/mol. The maximum atomic E-state index is 12.1. The van der Waals surface area contributed by atoms with Crippen molar-refractivity contribution in [2.45, 2.75) is 51.0 Å². The van der Waals surface area contributed by atoms with Crippen molar-refractivity contribution in [1.82, 2.24) is 10.3 Å². The van der Waals surface area contributed by atoms with Gasteiger partial charge in [-0.05, 0) is 25.8 Å². The molecule has 1 amide bonds. The number of carboxylic acids is 1. The van der Waals surface area contributed by atoms with E-state index in [1.807, 2.05) is 12.3 Å². The molecule has 21 heavy (non-hydrogen) atoms. The summed E-state index contributed by atoms with van der Waals surface area (Å²) in [7, 11) is 0. The lowest BCUT2D eigenvalue weighted by Gasteiger charge is -2.36. The fraction of sp³-hybridized carbons (Fsp3) is 0.533. The van der Waals surface area contributed by atoms with E-state index in [1.54, 1.807) is 6.08 Å². The summed E-state index contributed by atoms with van der Waals surface area (Å²) >= 11 is 1.53. The minimum Gasteiger partial charge on any atom is -0.481 e. The Kier molecular flexibility index (Phi) is 5.12. The standard InChI is InChI=1S/C15H20N2O3S/c1-11-16-12(10-21-11)5-6-13(18)17-15(9-14(19)20)7-3-2-4-8-15/h5-6,10H,2-4,7-9H2,1H3,(H,17,18)(H,19,20). The quantitative estimate of drug-likeness (QED) is 0.820. The number of aromatic nitrogens is 1. The van der Waals surface area contributed by atoms with E-state index in [2.05, 4.69) is 10.3 Å². The molecule has 5 nitrogen and oxygen atoms in total. The van der Waals surface area contributed by atoms with Crippen LogP contribution in [0.2, 0.25) is 0 Å². The van der Waals surface area contributed by atoms with E-state index in [9.17, 15) is 9.59 Å². The summed E-state index contributed by atoms with van der Waals surface area (Å²) in [5.74, 6) is -1.11. The van der Waals surface area contributed by atoms with E-state index in [-0.39, 0.29) is 12.3 Å². The van der Waals surface area contributed by atoms with Gasteiger partial charge in [0, 0.05) is 11.5 Å². The van der Waals surface area contributed by atoms with Crippen LogP contribution < -0.4 is 5.32 Å². The SMILES string of the molecule is Cc1nc(C=CC(=O)NC2(CC(=O)O)CCCCC2)cs1. The third kappa shape index (κ3) is 4.67. The Bertz CT molecular complexity index is 545. The number of nitrogens with zero attached hydrogens (tertiary/aromatic N) is 1. The third-order valence-electron chi connectivity index (χ3n) is 3.73. The van der Waals surface area contributed by atoms with E-state index in [0.29, 0.717) is 0 Å². The van der Waals surface area contributed by atoms with Crippen LogP contribution in [0.25, 0.3) is 6.08 Å². The lowest BCUT2D eigenvalue weighted by Crippen LogP contribution is -2.50. The summed E-state index contributed by atoms with van der Waals surface area (Å²) in [6, 6.07) is 0. The number of carbonyl (C=O) groups excluding carboxylic acids is 1. The summed E-state index contributed by atoms with van der Waals surface area (Å²) in [5, 5.41) is 14.8. The van der Waals surface area contributed by atoms with E-state index in [1.165, 1.54) is 17.4 Å². The number of aliphatic carboxylic acids is 1. The molecule has 0 atom stereocenters. The highest BCUT2D eigenvalue weighted by atomic mass is 32.1. The van der Waals surface area contributed by atoms with Crippen LogP contribution >= 0.6 is 11.3 Å². The second-order valence-electron chi connectivity index (χ2n) is 5.53. The number of carbonyl (C=O) groups is 2. The average molecular weight is 308 g/mol. The van der Waals surface area contributed by atoms with Gasteiger partial charge in [-0.15, -0.1) is 11.3 Å². The van der Waals surface area contributed by atoms with Crippen LogP contribution in [0, 0.1) is 6.92 Å². The van der Waals surface area contributed by atoms with Gasteiger partial charge in [0.25, 0.3) is 0 Å². The Balaban J connectivity index is 2.00. The zero-order chi connectivity index (χ0) is 15.3. The fourth-order valence-corrected chi connectivity index (χ4v) is 3.37. The minimum atomic E-state index is -0.865. The first-order valence-corrected chi connectivity index (χ1v) is 8.01. The number of hydrogen-bond donors (Lipinski definition) is 2. The van der Waals surface area contributed by atoms with Crippen LogP contribution in [0.3, 0.4) is 0 Å². The first-order chi connectivity index (χ1) is 9.99. The van der Waals surface area contributed by atoms with Gasteiger partial charge in [0.05, 0.1) is 22.7 Å². The predicted octanol–water partition coefficient (Wildman–Crippen LogP) is 2.76. The Morgan fingerprint density at radius 2 is 2.14 bits per heavy atom. The molecule has 0 unspecified atom stereocenters. The van der Waals surface area contributed by atoms with Crippen LogP contribution in [-0.4, -0.2) is 27.5 Å². The fourth-order valence-electron chi connectivity index (χ4n) is 2.78. The number of carboxylic acid groups (broad SMARTS) is 1. The molecule has 0 aromatic carbocycles. The summed E-state index contributed by atoms with van der Waals surface area (Å²) in [6.07, 6.45) is 7.57. The van der Waals surface area contributed by atoms with Crippen LogP contribution in [0.5, 0.6) is 0 Å². The van der Waals surface area contributed by atoms with Gasteiger partial charge in [0.1, 0.15) is 0 Å². The van der Waals surface area contributed by atoms with Crippen molar-refractivity contribution in [3.63, 3.8) is 0 Å². The van der Waals surface area contributed by atoms with Gasteiger partial charge in [-0.3, -0.25) is 9.59 Å². The molecule has 1 aromatic rings. The molecule has 1 aliphatic rings. The second-order valence-corrected chi connectivity index (χ2v) is 6.59. The van der Waals surface area contributed by atoms with Gasteiger partial charge in [0.2, 0.25) is 5.91 Å². The van der Waals surface area contributed by atoms with Crippen molar-refractivity contribution in [3.8, 4) is 0 Å². The summed E-state index contributed by atoms with van der Waals surface area (Å²) < 4.78 is 0. The Labute approximate surface area is 128 Å². The van der Waals surface area contributed by atoms with Crippen LogP contribution in [0.4, 0.5) is 0 Å². The first kappa shape index (κ1) is 15.7.